The summed E-state index contributed by atoms with van der Waals surface area (Å²) in [5.74, 6) is -0.526. The van der Waals surface area contributed by atoms with Gasteiger partial charge in [-0.3, -0.25) is 19.2 Å². The maximum absolute atomic E-state index is 12.1. The molecule has 0 atom stereocenters. The number of hydrogen-bond acceptors (Lipinski definition) is 9. The van der Waals surface area contributed by atoms with Crippen molar-refractivity contribution in [2.24, 2.45) is 0 Å². The van der Waals surface area contributed by atoms with E-state index in [-0.39, 0.29) is 31.6 Å². The van der Waals surface area contributed by atoms with E-state index in [1.807, 2.05) is 14.1 Å². The van der Waals surface area contributed by atoms with E-state index in [0.717, 1.165) is 25.9 Å². The molecule has 0 spiro atoms. The second-order valence-corrected chi connectivity index (χ2v) is 7.64. The molecule has 4 N–H and O–H groups in total. The lowest BCUT2D eigenvalue weighted by atomic mass is 10.0. The third-order valence-corrected chi connectivity index (χ3v) is 4.28. The predicted octanol–water partition coefficient (Wildman–Crippen LogP) is 0.731. The summed E-state index contributed by atoms with van der Waals surface area (Å²) in [6, 6.07) is 0. The molecule has 0 saturated carbocycles. The largest absolute Gasteiger partial charge is 0.379 e. The Morgan fingerprint density at radius 2 is 1.05 bits per heavy atom. The Morgan fingerprint density at radius 3 is 1.37 bits per heavy atom. The van der Waals surface area contributed by atoms with Crippen molar-refractivity contribution in [2.75, 3.05) is 73.4 Å². The van der Waals surface area contributed by atoms with Crippen molar-refractivity contribution in [1.82, 2.24) is 21.3 Å². The molecule has 0 aliphatic heterocycles. The number of allylic oxidation sites excluding steroid dienone is 2. The molecule has 2 amide bonds. The highest BCUT2D eigenvalue weighted by molar-refractivity contribution is 5.87. The molecule has 0 unspecified atom stereocenters. The van der Waals surface area contributed by atoms with Crippen LogP contribution < -0.4 is 21.3 Å². The van der Waals surface area contributed by atoms with Crippen LogP contribution >= 0.6 is 0 Å². The van der Waals surface area contributed by atoms with Gasteiger partial charge in [0.2, 0.25) is 11.8 Å². The molecule has 0 aliphatic rings. The number of amides is 2. The molecule has 0 aromatic heterocycles. The number of ether oxygens (including phenoxy) is 3. The van der Waals surface area contributed by atoms with Crippen molar-refractivity contribution < 1.29 is 33.4 Å². The van der Waals surface area contributed by atoms with Gasteiger partial charge in [0, 0.05) is 26.4 Å². The molecule has 0 radical (unpaired) electrons. The number of carbonyl (C=O) groups is 4. The van der Waals surface area contributed by atoms with E-state index < -0.39 is 5.54 Å². The average molecular weight is 541 g/mol. The van der Waals surface area contributed by atoms with Crippen LogP contribution in [0.15, 0.2) is 50.6 Å². The van der Waals surface area contributed by atoms with E-state index in [2.05, 4.69) is 47.6 Å². The van der Waals surface area contributed by atoms with Crippen molar-refractivity contribution in [3.8, 4) is 0 Å². The highest BCUT2D eigenvalue weighted by Gasteiger charge is 2.33. The Kier molecular flexibility index (Phi) is 33.4. The molecule has 0 aromatic rings. The van der Waals surface area contributed by atoms with Crippen LogP contribution in [-0.4, -0.2) is 103 Å². The number of hydrogen-bond donors (Lipinski definition) is 4. The van der Waals surface area contributed by atoms with Crippen LogP contribution in [-0.2, 0) is 33.4 Å². The van der Waals surface area contributed by atoms with Gasteiger partial charge in [-0.1, -0.05) is 26.3 Å². The molecule has 0 aromatic carbocycles. The van der Waals surface area contributed by atoms with Crippen molar-refractivity contribution >= 4 is 24.4 Å². The predicted molar refractivity (Wildman–Crippen MR) is 151 cm³/mol. The number of carbonyl (C=O) groups excluding carboxylic acids is 4. The van der Waals surface area contributed by atoms with Crippen molar-refractivity contribution in [3.05, 3.63) is 50.6 Å². The minimum atomic E-state index is -0.824. The van der Waals surface area contributed by atoms with Gasteiger partial charge in [0.1, 0.15) is 18.1 Å². The summed E-state index contributed by atoms with van der Waals surface area (Å²) in [5.41, 5.74) is -0.824. The van der Waals surface area contributed by atoms with Gasteiger partial charge in [-0.25, -0.2) is 0 Å². The first-order chi connectivity index (χ1) is 18.4. The van der Waals surface area contributed by atoms with Crippen LogP contribution in [0.25, 0.3) is 0 Å². The van der Waals surface area contributed by atoms with Gasteiger partial charge in [-0.05, 0) is 70.8 Å². The fourth-order valence-corrected chi connectivity index (χ4v) is 2.51. The standard InChI is InChI=1S/C21H40N4O5.2C3H4O/c1-5-19(26)24-12-9-15-30-18-21(25-20(27)6-2,16-28-13-7-10-22-3)17-29-14-8-11-23-4;2*1-2-3-4/h5-6,22-23H,1-2,7-18H2,3-4H3,(H,24,26)(H,25,27);2*2-3H,1H2. The first-order valence-corrected chi connectivity index (χ1v) is 12.4. The topological polar surface area (TPSA) is 144 Å². The number of rotatable bonds is 23. The molecule has 0 saturated heterocycles. The molecule has 0 heterocycles. The molecule has 11 nitrogen and oxygen atoms in total. The summed E-state index contributed by atoms with van der Waals surface area (Å²) < 4.78 is 17.4. The van der Waals surface area contributed by atoms with Crippen LogP contribution in [0.3, 0.4) is 0 Å². The lowest BCUT2D eigenvalue weighted by Gasteiger charge is -2.34. The first-order valence-electron chi connectivity index (χ1n) is 12.4. The summed E-state index contributed by atoms with van der Waals surface area (Å²) in [6.07, 6.45) is 8.47. The maximum Gasteiger partial charge on any atom is 0.244 e. The number of nitrogens with one attached hydrogen (secondary N) is 4. The minimum absolute atomic E-state index is 0.215. The van der Waals surface area contributed by atoms with E-state index >= 15 is 0 Å². The molecule has 218 valence electrons. The monoisotopic (exact) mass is 540 g/mol. The van der Waals surface area contributed by atoms with Gasteiger partial charge in [-0.15, -0.1) is 0 Å². The average Bonchev–Trinajstić information content (AvgIpc) is 2.94. The summed E-state index contributed by atoms with van der Waals surface area (Å²) >= 11 is 0. The van der Waals surface area contributed by atoms with E-state index in [9.17, 15) is 9.59 Å². The van der Waals surface area contributed by atoms with E-state index in [1.165, 1.54) is 24.3 Å². The highest BCUT2D eigenvalue weighted by Crippen LogP contribution is 2.10. The van der Waals surface area contributed by atoms with Gasteiger partial charge in [0.15, 0.2) is 0 Å². The summed E-state index contributed by atoms with van der Waals surface area (Å²) in [6.45, 7) is 17.6. The fraction of sp³-hybridized carbons (Fsp3) is 0.556. The third-order valence-electron chi connectivity index (χ3n) is 4.28. The van der Waals surface area contributed by atoms with Crippen LogP contribution in [0.2, 0.25) is 0 Å². The molecule has 0 aliphatic carbocycles. The fourth-order valence-electron chi connectivity index (χ4n) is 2.51. The summed E-state index contributed by atoms with van der Waals surface area (Å²) in [7, 11) is 3.78. The summed E-state index contributed by atoms with van der Waals surface area (Å²) in [5, 5.41) is 11.8. The SMILES string of the molecule is C=CC(=O)NCCCOCC(COCCCNC)(COCCCNC)NC(=O)C=C.C=CC=O.C=CC=O. The van der Waals surface area contributed by atoms with E-state index in [4.69, 9.17) is 23.8 Å². The number of aldehydes is 2. The first kappa shape index (κ1) is 39.6. The molecule has 38 heavy (non-hydrogen) atoms. The normalized spacial score (nSPS) is 9.84. The van der Waals surface area contributed by atoms with Crippen LogP contribution in [0.5, 0.6) is 0 Å². The lowest BCUT2D eigenvalue weighted by Crippen LogP contribution is -2.58. The van der Waals surface area contributed by atoms with Crippen molar-refractivity contribution in [3.63, 3.8) is 0 Å². The van der Waals surface area contributed by atoms with E-state index in [0.29, 0.717) is 45.4 Å². The zero-order chi connectivity index (χ0) is 29.3. The van der Waals surface area contributed by atoms with Gasteiger partial charge in [-0.2, -0.15) is 0 Å². The molecule has 0 bridgehead atoms. The van der Waals surface area contributed by atoms with E-state index in [1.54, 1.807) is 0 Å². The summed E-state index contributed by atoms with van der Waals surface area (Å²) in [4.78, 5) is 41.4. The van der Waals surface area contributed by atoms with Gasteiger partial charge < -0.3 is 35.5 Å². The second-order valence-electron chi connectivity index (χ2n) is 7.64. The van der Waals surface area contributed by atoms with Crippen LogP contribution in [0.4, 0.5) is 0 Å². The van der Waals surface area contributed by atoms with Crippen molar-refractivity contribution in [2.45, 2.75) is 24.8 Å². The van der Waals surface area contributed by atoms with Gasteiger partial charge in [0.25, 0.3) is 0 Å². The molecule has 0 rings (SSSR count). The van der Waals surface area contributed by atoms with Crippen molar-refractivity contribution in [1.29, 1.82) is 0 Å². The Labute approximate surface area is 228 Å². The maximum atomic E-state index is 12.1. The smallest absolute Gasteiger partial charge is 0.244 e. The molecular weight excluding hydrogens is 492 g/mol. The zero-order valence-electron chi connectivity index (χ0n) is 23.1. The highest BCUT2D eigenvalue weighted by atomic mass is 16.5. The van der Waals surface area contributed by atoms with Gasteiger partial charge >= 0.3 is 0 Å². The Morgan fingerprint density at radius 1 is 0.684 bits per heavy atom. The van der Waals surface area contributed by atoms with Gasteiger partial charge in [0.05, 0.1) is 19.8 Å². The molecular formula is C27H48N4O7. The lowest BCUT2D eigenvalue weighted by molar-refractivity contribution is -0.123. The van der Waals surface area contributed by atoms with Crippen LogP contribution in [0, 0.1) is 0 Å². The second kappa shape index (κ2) is 32.1. The Balaban J connectivity index is -0.00000133. The Bertz CT molecular complexity index is 619. The molecule has 11 heteroatoms. The van der Waals surface area contributed by atoms with Crippen LogP contribution in [0.1, 0.15) is 19.3 Å². The molecule has 0 fully saturated rings. The quantitative estimate of drug-likeness (QED) is 0.0837. The third kappa shape index (κ3) is 29.3. The Hall–Kier alpha value is -2.96. The minimum Gasteiger partial charge on any atom is -0.379 e. The zero-order valence-corrected chi connectivity index (χ0v) is 23.1.